The topological polar surface area (TPSA) is 86.8 Å². The Hall–Kier alpha value is -3.07. The van der Waals surface area contributed by atoms with Crippen molar-refractivity contribution in [2.24, 2.45) is 0 Å². The second-order valence-electron chi connectivity index (χ2n) is 10.9. The van der Waals surface area contributed by atoms with Crippen molar-refractivity contribution in [2.75, 3.05) is 17.1 Å². The molecule has 1 fully saturated rings. The van der Waals surface area contributed by atoms with Gasteiger partial charge in [-0.1, -0.05) is 84.6 Å². The maximum absolute atomic E-state index is 14.3. The first-order valence-electron chi connectivity index (χ1n) is 14.1. The molecule has 0 saturated heterocycles. The smallest absolute Gasteiger partial charge is 0.244 e. The lowest BCUT2D eigenvalue weighted by atomic mass is 10.0. The summed E-state index contributed by atoms with van der Waals surface area (Å²) < 4.78 is 27.3. The van der Waals surface area contributed by atoms with Gasteiger partial charge in [0.2, 0.25) is 21.8 Å². The summed E-state index contributed by atoms with van der Waals surface area (Å²) in [5, 5.41) is 3.95. The number of carbonyl (C=O) groups is 2. The highest BCUT2D eigenvalue weighted by atomic mass is 35.5. The number of nitrogens with zero attached hydrogens (tertiary/aromatic N) is 2. The van der Waals surface area contributed by atoms with E-state index >= 15 is 0 Å². The van der Waals surface area contributed by atoms with E-state index in [0.29, 0.717) is 21.3 Å². The first-order valence-corrected chi connectivity index (χ1v) is 16.7. The van der Waals surface area contributed by atoms with E-state index in [1.807, 2.05) is 50.2 Å². The van der Waals surface area contributed by atoms with E-state index in [9.17, 15) is 18.0 Å². The maximum Gasteiger partial charge on any atom is 0.244 e. The van der Waals surface area contributed by atoms with Gasteiger partial charge in [-0.15, -0.1) is 0 Å². The Kier molecular flexibility index (Phi) is 10.6. The summed E-state index contributed by atoms with van der Waals surface area (Å²) in [4.78, 5) is 29.7. The first kappa shape index (κ1) is 31.9. The lowest BCUT2D eigenvalue weighted by molar-refractivity contribution is -0.140. The zero-order valence-corrected chi connectivity index (χ0v) is 26.5. The number of sulfonamides is 1. The summed E-state index contributed by atoms with van der Waals surface area (Å²) in [7, 11) is -3.85. The van der Waals surface area contributed by atoms with Crippen LogP contribution in [-0.2, 0) is 32.6 Å². The molecule has 1 atom stereocenters. The molecule has 42 heavy (non-hydrogen) atoms. The molecule has 224 valence electrons. The van der Waals surface area contributed by atoms with Gasteiger partial charge in [0.1, 0.15) is 12.6 Å². The van der Waals surface area contributed by atoms with Gasteiger partial charge in [0.25, 0.3) is 0 Å². The van der Waals surface area contributed by atoms with Crippen LogP contribution in [0.3, 0.4) is 0 Å². The molecule has 0 aromatic heterocycles. The second kappa shape index (κ2) is 13.9. The van der Waals surface area contributed by atoms with Crippen LogP contribution in [0.2, 0.25) is 10.0 Å². The van der Waals surface area contributed by atoms with Crippen molar-refractivity contribution in [3.63, 3.8) is 0 Å². The number of benzene rings is 3. The van der Waals surface area contributed by atoms with Crippen molar-refractivity contribution < 1.29 is 18.0 Å². The zero-order valence-electron chi connectivity index (χ0n) is 24.1. The molecule has 3 aromatic carbocycles. The van der Waals surface area contributed by atoms with Crippen molar-refractivity contribution in [1.29, 1.82) is 0 Å². The number of amides is 2. The molecule has 3 aromatic rings. The van der Waals surface area contributed by atoms with E-state index in [0.717, 1.165) is 52.9 Å². The molecular weight excluding hydrogens is 593 g/mol. The average Bonchev–Trinajstić information content (AvgIpc) is 3.45. The standard InChI is InChI=1S/C32H37Cl2N3O4S/c1-22-10-9-15-29(23(22)2)37(42(3,40)41)21-31(38)36(20-25-16-17-26(33)19-28(25)34)30(18-24-11-5-4-6-12-24)32(39)35-27-13-7-8-14-27/h4-6,9-12,15-17,19,27,30H,7-8,13-14,18,20-21H2,1-3H3,(H,35,39). The van der Waals surface area contributed by atoms with Gasteiger partial charge in [0.05, 0.1) is 11.9 Å². The predicted molar refractivity (Wildman–Crippen MR) is 169 cm³/mol. The number of halogens is 2. The molecule has 1 saturated carbocycles. The molecule has 1 unspecified atom stereocenters. The van der Waals surface area contributed by atoms with Gasteiger partial charge in [-0.25, -0.2) is 8.42 Å². The van der Waals surface area contributed by atoms with Crippen LogP contribution in [0.1, 0.15) is 47.9 Å². The molecule has 0 heterocycles. The number of hydrogen-bond acceptors (Lipinski definition) is 4. The van der Waals surface area contributed by atoms with E-state index in [-0.39, 0.29) is 24.9 Å². The number of rotatable bonds is 11. The molecule has 1 N–H and O–H groups in total. The van der Waals surface area contributed by atoms with Crippen LogP contribution in [0.25, 0.3) is 0 Å². The number of nitrogens with one attached hydrogen (secondary N) is 1. The molecule has 0 bridgehead atoms. The molecule has 2 amide bonds. The molecule has 10 heteroatoms. The summed E-state index contributed by atoms with van der Waals surface area (Å²) in [6.07, 6.45) is 5.17. The van der Waals surface area contributed by atoms with Crippen molar-refractivity contribution in [2.45, 2.75) is 64.6 Å². The zero-order chi connectivity index (χ0) is 30.4. The van der Waals surface area contributed by atoms with E-state index in [4.69, 9.17) is 23.2 Å². The molecule has 7 nitrogen and oxygen atoms in total. The van der Waals surface area contributed by atoms with Gasteiger partial charge in [0.15, 0.2) is 0 Å². The highest BCUT2D eigenvalue weighted by Crippen LogP contribution is 2.28. The van der Waals surface area contributed by atoms with Gasteiger partial charge in [0, 0.05) is 29.1 Å². The van der Waals surface area contributed by atoms with E-state index in [1.165, 1.54) is 4.90 Å². The SMILES string of the molecule is Cc1cccc(N(CC(=O)N(Cc2ccc(Cl)cc2Cl)C(Cc2ccccc2)C(=O)NC2CCCC2)S(C)(=O)=O)c1C. The van der Waals surface area contributed by atoms with Crippen LogP contribution in [0.4, 0.5) is 5.69 Å². The van der Waals surface area contributed by atoms with E-state index in [2.05, 4.69) is 5.32 Å². The Morgan fingerprint density at radius 1 is 0.976 bits per heavy atom. The Balaban J connectivity index is 1.77. The van der Waals surface area contributed by atoms with Gasteiger partial charge >= 0.3 is 0 Å². The van der Waals surface area contributed by atoms with Crippen LogP contribution in [0.15, 0.2) is 66.7 Å². The summed E-state index contributed by atoms with van der Waals surface area (Å²) in [6.45, 7) is 3.23. The Morgan fingerprint density at radius 2 is 1.67 bits per heavy atom. The van der Waals surface area contributed by atoms with Gasteiger partial charge in [-0.2, -0.15) is 0 Å². The quantitative estimate of drug-likeness (QED) is 0.279. The first-order chi connectivity index (χ1) is 19.9. The average molecular weight is 631 g/mol. The summed E-state index contributed by atoms with van der Waals surface area (Å²) in [5.74, 6) is -0.795. The Labute approximate surface area is 258 Å². The molecule has 1 aliphatic carbocycles. The highest BCUT2D eigenvalue weighted by molar-refractivity contribution is 7.92. The third-order valence-corrected chi connectivity index (χ3v) is 9.57. The second-order valence-corrected chi connectivity index (χ2v) is 13.7. The van der Waals surface area contributed by atoms with Crippen LogP contribution in [0.5, 0.6) is 0 Å². The normalized spacial score (nSPS) is 14.4. The summed E-state index contributed by atoms with van der Waals surface area (Å²) in [6, 6.07) is 18.9. The van der Waals surface area contributed by atoms with Gasteiger partial charge in [-0.05, 0) is 67.1 Å². The summed E-state index contributed by atoms with van der Waals surface area (Å²) in [5.41, 5.74) is 3.54. The lowest BCUT2D eigenvalue weighted by Crippen LogP contribution is -2.54. The molecular formula is C32H37Cl2N3O4S. The molecule has 0 spiro atoms. The van der Waals surface area contributed by atoms with Crippen molar-refractivity contribution in [3.05, 3.63) is 99.0 Å². The molecule has 1 aliphatic rings. The third-order valence-electron chi connectivity index (χ3n) is 7.85. The minimum Gasteiger partial charge on any atom is -0.352 e. The largest absolute Gasteiger partial charge is 0.352 e. The molecule has 0 radical (unpaired) electrons. The number of carbonyl (C=O) groups excluding carboxylic acids is 2. The van der Waals surface area contributed by atoms with Crippen molar-refractivity contribution in [3.8, 4) is 0 Å². The number of hydrogen-bond donors (Lipinski definition) is 1. The lowest BCUT2D eigenvalue weighted by Gasteiger charge is -2.34. The van der Waals surface area contributed by atoms with Crippen LogP contribution in [0, 0.1) is 13.8 Å². The fourth-order valence-electron chi connectivity index (χ4n) is 5.36. The fourth-order valence-corrected chi connectivity index (χ4v) is 6.72. The van der Waals surface area contributed by atoms with Crippen LogP contribution >= 0.6 is 23.2 Å². The Morgan fingerprint density at radius 3 is 2.31 bits per heavy atom. The third kappa shape index (κ3) is 8.06. The minimum absolute atomic E-state index is 0.00513. The molecule has 0 aliphatic heterocycles. The van der Waals surface area contributed by atoms with Gasteiger partial charge in [-0.3, -0.25) is 13.9 Å². The van der Waals surface area contributed by atoms with Crippen molar-refractivity contribution in [1.82, 2.24) is 10.2 Å². The minimum atomic E-state index is -3.85. The maximum atomic E-state index is 14.3. The Bertz CT molecular complexity index is 1530. The monoisotopic (exact) mass is 629 g/mol. The molecule has 4 rings (SSSR count). The van der Waals surface area contributed by atoms with E-state index in [1.54, 1.807) is 30.3 Å². The fraction of sp³-hybridized carbons (Fsp3) is 0.375. The van der Waals surface area contributed by atoms with Crippen LogP contribution < -0.4 is 9.62 Å². The number of anilines is 1. The van der Waals surface area contributed by atoms with Crippen LogP contribution in [-0.4, -0.2) is 50.0 Å². The van der Waals surface area contributed by atoms with Crippen molar-refractivity contribution >= 4 is 50.7 Å². The highest BCUT2D eigenvalue weighted by Gasteiger charge is 2.35. The van der Waals surface area contributed by atoms with Gasteiger partial charge < -0.3 is 10.2 Å². The number of aryl methyl sites for hydroxylation is 1. The van der Waals surface area contributed by atoms with E-state index < -0.39 is 28.5 Å². The predicted octanol–water partition coefficient (Wildman–Crippen LogP) is 6.08. The summed E-state index contributed by atoms with van der Waals surface area (Å²) >= 11 is 12.7.